The Hall–Kier alpha value is -2.03. The van der Waals surface area contributed by atoms with Crippen LogP contribution >= 0.6 is 0 Å². The number of hydrogen-bond acceptors (Lipinski definition) is 3. The Morgan fingerprint density at radius 2 is 1.53 bits per heavy atom. The zero-order valence-corrected chi connectivity index (χ0v) is 9.52. The monoisotopic (exact) mass is 278 g/mol. The molecule has 0 radical (unpaired) electrons. The zero-order valence-electron chi connectivity index (χ0n) is 9.52. The van der Waals surface area contributed by atoms with Crippen molar-refractivity contribution in [3.05, 3.63) is 41.0 Å². The molecular formula is C10H7F5N4. The lowest BCUT2D eigenvalue weighted by Gasteiger charge is -2.06. The first-order valence-electron chi connectivity index (χ1n) is 5.05. The van der Waals surface area contributed by atoms with E-state index in [2.05, 4.69) is 15.6 Å². The number of benzene rings is 1. The van der Waals surface area contributed by atoms with Gasteiger partial charge in [-0.15, -0.1) is 5.10 Å². The van der Waals surface area contributed by atoms with Gasteiger partial charge >= 0.3 is 0 Å². The lowest BCUT2D eigenvalue weighted by Crippen LogP contribution is -2.10. The van der Waals surface area contributed by atoms with Crippen molar-refractivity contribution >= 4 is 0 Å². The van der Waals surface area contributed by atoms with Crippen LogP contribution in [-0.2, 0) is 6.54 Å². The average Bonchev–Trinajstić information content (AvgIpc) is 2.83. The first-order valence-corrected chi connectivity index (χ1v) is 5.05. The van der Waals surface area contributed by atoms with E-state index < -0.39 is 34.8 Å². The molecule has 4 nitrogen and oxygen atoms in total. The van der Waals surface area contributed by atoms with Gasteiger partial charge in [-0.2, -0.15) is 0 Å². The third-order valence-electron chi connectivity index (χ3n) is 2.31. The van der Waals surface area contributed by atoms with Gasteiger partial charge in [0.05, 0.1) is 11.9 Å². The summed E-state index contributed by atoms with van der Waals surface area (Å²) in [5.74, 6) is -10.2. The van der Waals surface area contributed by atoms with Crippen LogP contribution in [0.15, 0.2) is 6.20 Å². The Morgan fingerprint density at radius 1 is 1.00 bits per heavy atom. The highest BCUT2D eigenvalue weighted by Gasteiger charge is 2.27. The quantitative estimate of drug-likeness (QED) is 0.528. The highest BCUT2D eigenvalue weighted by atomic mass is 19.2. The fraction of sp³-hybridized carbons (Fsp3) is 0.200. The number of rotatable bonds is 3. The molecule has 102 valence electrons. The second kappa shape index (κ2) is 4.92. The standard InChI is InChI=1S/C10H7F5N4/c1-16-2-4-3-19(18-17-4)10-8(14)6(12)5(11)7(13)9(10)15/h3,16H,2H2,1H3. The molecule has 0 saturated heterocycles. The SMILES string of the molecule is CNCc1cn(-c2c(F)c(F)c(F)c(F)c2F)nn1. The topological polar surface area (TPSA) is 42.7 Å². The number of nitrogens with zero attached hydrogens (tertiary/aromatic N) is 3. The summed E-state index contributed by atoms with van der Waals surface area (Å²) >= 11 is 0. The van der Waals surface area contributed by atoms with E-state index in [1.165, 1.54) is 0 Å². The summed E-state index contributed by atoms with van der Waals surface area (Å²) in [6.07, 6.45) is 1.06. The molecule has 0 aliphatic heterocycles. The van der Waals surface area contributed by atoms with Crippen molar-refractivity contribution in [3.8, 4) is 5.69 Å². The Morgan fingerprint density at radius 3 is 2.05 bits per heavy atom. The van der Waals surface area contributed by atoms with Gasteiger partial charge in [0.1, 0.15) is 5.69 Å². The summed E-state index contributed by atoms with van der Waals surface area (Å²) < 4.78 is 66.3. The maximum atomic E-state index is 13.5. The molecule has 0 aliphatic rings. The molecule has 2 rings (SSSR count). The van der Waals surface area contributed by atoms with Crippen molar-refractivity contribution in [1.29, 1.82) is 0 Å². The molecule has 0 bridgehead atoms. The largest absolute Gasteiger partial charge is 0.314 e. The summed E-state index contributed by atoms with van der Waals surface area (Å²) in [7, 11) is 1.59. The van der Waals surface area contributed by atoms with Crippen molar-refractivity contribution in [2.75, 3.05) is 7.05 Å². The molecule has 0 spiro atoms. The molecule has 0 aliphatic carbocycles. The summed E-state index contributed by atoms with van der Waals surface area (Å²) in [5, 5.41) is 9.55. The Kier molecular flexibility index (Phi) is 3.47. The van der Waals surface area contributed by atoms with E-state index in [1.54, 1.807) is 7.05 Å². The highest BCUT2D eigenvalue weighted by Crippen LogP contribution is 2.25. The van der Waals surface area contributed by atoms with Gasteiger partial charge in [-0.25, -0.2) is 26.6 Å². The first-order chi connectivity index (χ1) is 8.97. The van der Waals surface area contributed by atoms with E-state index in [-0.39, 0.29) is 12.2 Å². The van der Waals surface area contributed by atoms with Crippen LogP contribution in [0.1, 0.15) is 5.69 Å². The lowest BCUT2D eigenvalue weighted by molar-refractivity contribution is 0.373. The number of nitrogens with one attached hydrogen (secondary N) is 1. The smallest absolute Gasteiger partial charge is 0.200 e. The van der Waals surface area contributed by atoms with Crippen LogP contribution in [0, 0.1) is 29.1 Å². The van der Waals surface area contributed by atoms with Crippen molar-refractivity contribution in [2.24, 2.45) is 0 Å². The van der Waals surface area contributed by atoms with Crippen molar-refractivity contribution in [1.82, 2.24) is 20.3 Å². The molecular weight excluding hydrogens is 271 g/mol. The van der Waals surface area contributed by atoms with E-state index in [0.717, 1.165) is 6.20 Å². The van der Waals surface area contributed by atoms with Gasteiger partial charge in [-0.05, 0) is 7.05 Å². The minimum Gasteiger partial charge on any atom is -0.314 e. The summed E-state index contributed by atoms with van der Waals surface area (Å²) in [6.45, 7) is 0.232. The maximum Gasteiger partial charge on any atom is 0.200 e. The van der Waals surface area contributed by atoms with Crippen LogP contribution in [0.4, 0.5) is 22.0 Å². The minimum absolute atomic E-state index is 0.232. The van der Waals surface area contributed by atoms with Gasteiger partial charge in [0.25, 0.3) is 0 Å². The van der Waals surface area contributed by atoms with Gasteiger partial charge in [-0.3, -0.25) is 0 Å². The first kappa shape index (κ1) is 13.4. The van der Waals surface area contributed by atoms with Crippen LogP contribution in [0.25, 0.3) is 5.69 Å². The van der Waals surface area contributed by atoms with E-state index in [9.17, 15) is 22.0 Å². The molecule has 0 fully saturated rings. The van der Waals surface area contributed by atoms with Crippen LogP contribution in [0.5, 0.6) is 0 Å². The molecule has 1 aromatic carbocycles. The third-order valence-corrected chi connectivity index (χ3v) is 2.31. The molecule has 0 saturated carbocycles. The van der Waals surface area contributed by atoms with Crippen molar-refractivity contribution in [2.45, 2.75) is 6.54 Å². The molecule has 0 amide bonds. The van der Waals surface area contributed by atoms with Gasteiger partial charge < -0.3 is 5.32 Å². The number of halogens is 5. The van der Waals surface area contributed by atoms with Gasteiger partial charge in [-0.1, -0.05) is 5.21 Å². The molecule has 9 heteroatoms. The Labute approximate surface area is 103 Å². The fourth-order valence-electron chi connectivity index (χ4n) is 1.46. The molecule has 2 aromatic rings. The van der Waals surface area contributed by atoms with Crippen molar-refractivity contribution < 1.29 is 22.0 Å². The molecule has 19 heavy (non-hydrogen) atoms. The van der Waals surface area contributed by atoms with Gasteiger partial charge in [0.15, 0.2) is 23.3 Å². The molecule has 0 atom stereocenters. The van der Waals surface area contributed by atoms with Gasteiger partial charge in [0.2, 0.25) is 5.82 Å². The molecule has 0 unspecified atom stereocenters. The summed E-state index contributed by atoms with van der Waals surface area (Å²) in [6, 6.07) is 0. The van der Waals surface area contributed by atoms with E-state index >= 15 is 0 Å². The van der Waals surface area contributed by atoms with Crippen LogP contribution in [0.3, 0.4) is 0 Å². The Balaban J connectivity index is 2.61. The van der Waals surface area contributed by atoms with E-state index in [0.29, 0.717) is 4.68 Å². The average molecular weight is 278 g/mol. The second-order valence-corrected chi connectivity index (χ2v) is 3.60. The summed E-state index contributed by atoms with van der Waals surface area (Å²) in [4.78, 5) is 0. The molecule has 1 aromatic heterocycles. The zero-order chi connectivity index (χ0) is 14.2. The van der Waals surface area contributed by atoms with Crippen LogP contribution in [-0.4, -0.2) is 22.0 Å². The predicted molar refractivity (Wildman–Crippen MR) is 53.9 cm³/mol. The Bertz CT molecular complexity index is 596. The van der Waals surface area contributed by atoms with Gasteiger partial charge in [0, 0.05) is 6.54 Å². The normalized spacial score (nSPS) is 11.1. The second-order valence-electron chi connectivity index (χ2n) is 3.60. The molecule has 1 N–H and O–H groups in total. The van der Waals surface area contributed by atoms with Crippen LogP contribution in [0.2, 0.25) is 0 Å². The van der Waals surface area contributed by atoms with E-state index in [4.69, 9.17) is 0 Å². The molecule has 1 heterocycles. The highest BCUT2D eigenvalue weighted by molar-refractivity contribution is 5.36. The number of aromatic nitrogens is 3. The van der Waals surface area contributed by atoms with Crippen molar-refractivity contribution in [3.63, 3.8) is 0 Å². The lowest BCUT2D eigenvalue weighted by atomic mass is 10.2. The number of hydrogen-bond donors (Lipinski definition) is 1. The summed E-state index contributed by atoms with van der Waals surface area (Å²) in [5.41, 5.74) is -0.877. The van der Waals surface area contributed by atoms with E-state index in [1.807, 2.05) is 0 Å². The fourth-order valence-corrected chi connectivity index (χ4v) is 1.46. The van der Waals surface area contributed by atoms with Crippen LogP contribution < -0.4 is 5.32 Å². The predicted octanol–water partition coefficient (Wildman–Crippen LogP) is 1.68. The third kappa shape index (κ3) is 2.16. The maximum absolute atomic E-state index is 13.5. The minimum atomic E-state index is -2.21.